The highest BCUT2D eigenvalue weighted by molar-refractivity contribution is 7.80. The Balaban J connectivity index is 1.55. The van der Waals surface area contributed by atoms with E-state index in [0.29, 0.717) is 21.7 Å². The van der Waals surface area contributed by atoms with Crippen molar-refractivity contribution >= 4 is 46.2 Å². The Kier molecular flexibility index (Phi) is 7.39. The van der Waals surface area contributed by atoms with Gasteiger partial charge in [0.05, 0.1) is 39.4 Å². The Bertz CT molecular complexity index is 1060. The number of rotatable bonds is 7. The van der Waals surface area contributed by atoms with Crippen LogP contribution >= 0.6 is 35.4 Å². The van der Waals surface area contributed by atoms with Gasteiger partial charge in [0, 0.05) is 18.8 Å². The van der Waals surface area contributed by atoms with Crippen LogP contribution in [0.15, 0.2) is 24.3 Å². The topological polar surface area (TPSA) is 59.7 Å². The molecule has 0 fully saturated rings. The third kappa shape index (κ3) is 5.53. The highest BCUT2D eigenvalue weighted by Crippen LogP contribution is 2.25. The summed E-state index contributed by atoms with van der Waals surface area (Å²) < 4.78 is 3.96. The lowest BCUT2D eigenvalue weighted by atomic mass is 10.2. The van der Waals surface area contributed by atoms with Gasteiger partial charge in [-0.25, -0.2) is 0 Å². The predicted octanol–water partition coefficient (Wildman–Crippen LogP) is 5.05. The van der Waals surface area contributed by atoms with E-state index in [4.69, 9.17) is 35.4 Å². The normalized spacial score (nSPS) is 11.0. The Morgan fingerprint density at radius 1 is 1.03 bits per heavy atom. The van der Waals surface area contributed by atoms with Crippen LogP contribution in [0.25, 0.3) is 0 Å². The zero-order valence-corrected chi connectivity index (χ0v) is 19.9. The summed E-state index contributed by atoms with van der Waals surface area (Å²) in [5, 5.41) is 17.3. The van der Waals surface area contributed by atoms with Crippen molar-refractivity contribution in [3.05, 3.63) is 62.6 Å². The molecule has 9 heteroatoms. The van der Waals surface area contributed by atoms with Crippen LogP contribution in [-0.4, -0.2) is 31.2 Å². The number of halogens is 2. The van der Waals surface area contributed by atoms with E-state index in [9.17, 15) is 0 Å². The number of hydrogen-bond acceptors (Lipinski definition) is 3. The van der Waals surface area contributed by atoms with Crippen molar-refractivity contribution in [3.63, 3.8) is 0 Å². The SMILES string of the molecule is Cc1cc(C)n(CCCNC(=S)Nc2c(C)nn(Cc3ccc(Cl)c(Cl)c3)c2C)n1. The average Bonchev–Trinajstić information content (AvgIpc) is 3.14. The Morgan fingerprint density at radius 2 is 1.80 bits per heavy atom. The second-order valence-electron chi connectivity index (χ2n) is 7.34. The maximum absolute atomic E-state index is 6.13. The zero-order chi connectivity index (χ0) is 21.8. The Labute approximate surface area is 192 Å². The molecule has 2 N–H and O–H groups in total. The summed E-state index contributed by atoms with van der Waals surface area (Å²) in [4.78, 5) is 0. The van der Waals surface area contributed by atoms with Gasteiger partial charge in [-0.3, -0.25) is 9.36 Å². The summed E-state index contributed by atoms with van der Waals surface area (Å²) in [6, 6.07) is 7.70. The highest BCUT2D eigenvalue weighted by Gasteiger charge is 2.13. The maximum Gasteiger partial charge on any atom is 0.170 e. The van der Waals surface area contributed by atoms with Gasteiger partial charge in [-0.15, -0.1) is 0 Å². The van der Waals surface area contributed by atoms with Gasteiger partial charge in [-0.1, -0.05) is 29.3 Å². The number of aryl methyl sites for hydroxylation is 4. The van der Waals surface area contributed by atoms with E-state index in [2.05, 4.69) is 33.8 Å². The second-order valence-corrected chi connectivity index (χ2v) is 8.56. The minimum atomic E-state index is 0.542. The fourth-order valence-corrected chi connectivity index (χ4v) is 3.86. The molecule has 2 aromatic heterocycles. The molecule has 0 saturated carbocycles. The van der Waals surface area contributed by atoms with Crippen LogP contribution < -0.4 is 10.6 Å². The molecule has 0 bridgehead atoms. The van der Waals surface area contributed by atoms with Crippen LogP contribution in [0, 0.1) is 27.7 Å². The molecule has 0 radical (unpaired) electrons. The first-order chi connectivity index (χ1) is 14.2. The molecule has 0 unspecified atom stereocenters. The van der Waals surface area contributed by atoms with Gasteiger partial charge in [0.1, 0.15) is 0 Å². The van der Waals surface area contributed by atoms with Gasteiger partial charge in [-0.2, -0.15) is 10.2 Å². The number of anilines is 1. The highest BCUT2D eigenvalue weighted by atomic mass is 35.5. The molecule has 0 spiro atoms. The van der Waals surface area contributed by atoms with E-state index in [-0.39, 0.29) is 0 Å². The van der Waals surface area contributed by atoms with Crippen LogP contribution in [0.4, 0.5) is 5.69 Å². The lowest BCUT2D eigenvalue weighted by Gasteiger charge is -2.12. The molecule has 0 aliphatic heterocycles. The quantitative estimate of drug-likeness (QED) is 0.378. The summed E-state index contributed by atoms with van der Waals surface area (Å²) >= 11 is 17.6. The van der Waals surface area contributed by atoms with E-state index in [1.165, 1.54) is 5.69 Å². The third-order valence-electron chi connectivity index (χ3n) is 4.87. The van der Waals surface area contributed by atoms with Crippen LogP contribution in [0.5, 0.6) is 0 Å². The molecule has 160 valence electrons. The largest absolute Gasteiger partial charge is 0.362 e. The minimum Gasteiger partial charge on any atom is -0.362 e. The number of nitrogens with zero attached hydrogens (tertiary/aromatic N) is 4. The number of hydrogen-bond donors (Lipinski definition) is 2. The molecular formula is C21H26Cl2N6S. The molecule has 0 amide bonds. The number of aromatic nitrogens is 4. The third-order valence-corrected chi connectivity index (χ3v) is 5.86. The summed E-state index contributed by atoms with van der Waals surface area (Å²) in [6.45, 7) is 10.3. The maximum atomic E-state index is 6.13. The Hall–Kier alpha value is -2.09. The molecular weight excluding hydrogens is 439 g/mol. The molecule has 2 heterocycles. The van der Waals surface area contributed by atoms with Crippen molar-refractivity contribution in [3.8, 4) is 0 Å². The predicted molar refractivity (Wildman–Crippen MR) is 128 cm³/mol. The Morgan fingerprint density at radius 3 is 2.47 bits per heavy atom. The van der Waals surface area contributed by atoms with Gasteiger partial charge in [0.25, 0.3) is 0 Å². The minimum absolute atomic E-state index is 0.542. The fourth-order valence-electron chi connectivity index (χ4n) is 3.33. The standard InChI is InChI=1S/C21H26Cl2N6S/c1-13-10-14(2)28(26-13)9-5-8-24-21(30)25-20-15(3)27-29(16(20)4)12-17-6-7-18(22)19(23)11-17/h6-7,10-11H,5,8-9,12H2,1-4H3,(H2,24,25,30). The fraction of sp³-hybridized carbons (Fsp3) is 0.381. The molecule has 0 aliphatic carbocycles. The van der Waals surface area contributed by atoms with Gasteiger partial charge >= 0.3 is 0 Å². The molecule has 0 saturated heterocycles. The van der Waals surface area contributed by atoms with Crippen LogP contribution in [0.1, 0.15) is 34.8 Å². The van der Waals surface area contributed by atoms with Gasteiger partial charge in [0.15, 0.2) is 5.11 Å². The van der Waals surface area contributed by atoms with E-state index in [1.54, 1.807) is 6.07 Å². The van der Waals surface area contributed by atoms with Crippen molar-refractivity contribution in [1.82, 2.24) is 24.9 Å². The van der Waals surface area contributed by atoms with Crippen molar-refractivity contribution in [2.45, 2.75) is 47.2 Å². The molecule has 6 nitrogen and oxygen atoms in total. The molecule has 3 aromatic rings. The van der Waals surface area contributed by atoms with E-state index in [0.717, 1.165) is 47.8 Å². The first kappa shape index (κ1) is 22.6. The zero-order valence-electron chi connectivity index (χ0n) is 17.6. The summed E-state index contributed by atoms with van der Waals surface area (Å²) in [7, 11) is 0. The lowest BCUT2D eigenvalue weighted by molar-refractivity contribution is 0.558. The summed E-state index contributed by atoms with van der Waals surface area (Å²) in [5.41, 5.74) is 6.07. The monoisotopic (exact) mass is 464 g/mol. The van der Waals surface area contributed by atoms with Crippen molar-refractivity contribution < 1.29 is 0 Å². The summed E-state index contributed by atoms with van der Waals surface area (Å²) in [6.07, 6.45) is 0.929. The molecule has 0 aliphatic rings. The van der Waals surface area contributed by atoms with Gasteiger partial charge in [-0.05, 0) is 70.1 Å². The molecule has 1 aromatic carbocycles. The lowest BCUT2D eigenvalue weighted by Crippen LogP contribution is -2.30. The van der Waals surface area contributed by atoms with E-state index < -0.39 is 0 Å². The van der Waals surface area contributed by atoms with Gasteiger partial charge in [0.2, 0.25) is 0 Å². The molecule has 3 rings (SSSR count). The first-order valence-electron chi connectivity index (χ1n) is 9.78. The number of benzene rings is 1. The van der Waals surface area contributed by atoms with Gasteiger partial charge < -0.3 is 10.6 Å². The van der Waals surface area contributed by atoms with Crippen molar-refractivity contribution in [1.29, 1.82) is 0 Å². The van der Waals surface area contributed by atoms with Crippen molar-refractivity contribution in [2.75, 3.05) is 11.9 Å². The second kappa shape index (κ2) is 9.81. The van der Waals surface area contributed by atoms with E-state index >= 15 is 0 Å². The number of nitrogens with one attached hydrogen (secondary N) is 2. The van der Waals surface area contributed by atoms with Crippen LogP contribution in [0.2, 0.25) is 10.0 Å². The first-order valence-corrected chi connectivity index (χ1v) is 10.9. The number of thiocarbonyl (C=S) groups is 1. The summed E-state index contributed by atoms with van der Waals surface area (Å²) in [5.74, 6) is 0. The van der Waals surface area contributed by atoms with Crippen molar-refractivity contribution in [2.24, 2.45) is 0 Å². The van der Waals surface area contributed by atoms with E-state index in [1.807, 2.05) is 42.3 Å². The average molecular weight is 465 g/mol. The molecule has 0 atom stereocenters. The molecule has 30 heavy (non-hydrogen) atoms. The smallest absolute Gasteiger partial charge is 0.170 e. The van der Waals surface area contributed by atoms with Crippen LogP contribution in [-0.2, 0) is 13.1 Å². The van der Waals surface area contributed by atoms with Crippen LogP contribution in [0.3, 0.4) is 0 Å².